The van der Waals surface area contributed by atoms with Gasteiger partial charge in [0.05, 0.1) is 18.4 Å². The predicted octanol–water partition coefficient (Wildman–Crippen LogP) is 4.48. The van der Waals surface area contributed by atoms with Gasteiger partial charge in [0.25, 0.3) is 11.8 Å². The molecular weight excluding hydrogens is 366 g/mol. The summed E-state index contributed by atoms with van der Waals surface area (Å²) in [6.45, 7) is 0. The lowest BCUT2D eigenvalue weighted by Gasteiger charge is -2.12. The van der Waals surface area contributed by atoms with E-state index in [0.29, 0.717) is 11.3 Å². The Morgan fingerprint density at radius 2 is 1.54 bits per heavy atom. The number of para-hydroxylation sites is 1. The zero-order chi connectivity index (χ0) is 20.1. The van der Waals surface area contributed by atoms with E-state index < -0.39 is 23.4 Å². The Kier molecular flexibility index (Phi) is 5.64. The van der Waals surface area contributed by atoms with Crippen LogP contribution in [0.25, 0.3) is 0 Å². The van der Waals surface area contributed by atoms with Gasteiger partial charge in [0.15, 0.2) is 11.6 Å². The average Bonchev–Trinajstić information content (AvgIpc) is 2.71. The summed E-state index contributed by atoms with van der Waals surface area (Å²) in [6, 6.07) is 15.9. The molecule has 0 aliphatic heterocycles. The van der Waals surface area contributed by atoms with Crippen LogP contribution in [0, 0.1) is 11.6 Å². The van der Waals surface area contributed by atoms with Gasteiger partial charge in [-0.25, -0.2) is 8.78 Å². The van der Waals surface area contributed by atoms with Crippen molar-refractivity contribution in [3.05, 3.63) is 89.5 Å². The number of amides is 2. The van der Waals surface area contributed by atoms with Crippen LogP contribution in [0.5, 0.6) is 5.75 Å². The Morgan fingerprint density at radius 3 is 2.21 bits per heavy atom. The van der Waals surface area contributed by atoms with E-state index >= 15 is 0 Å². The number of ether oxygens (including phenoxy) is 1. The molecule has 0 spiro atoms. The SMILES string of the molecule is COc1ccc(C(=O)Nc2ccccc2C(=O)Nc2ccc(F)c(F)c2)cc1. The van der Waals surface area contributed by atoms with Gasteiger partial charge in [0.1, 0.15) is 5.75 Å². The third-order valence-corrected chi connectivity index (χ3v) is 3.95. The summed E-state index contributed by atoms with van der Waals surface area (Å²) in [5.41, 5.74) is 0.939. The maximum absolute atomic E-state index is 13.3. The summed E-state index contributed by atoms with van der Waals surface area (Å²) in [5, 5.41) is 5.16. The molecule has 142 valence electrons. The van der Waals surface area contributed by atoms with Gasteiger partial charge in [-0.2, -0.15) is 0 Å². The zero-order valence-electron chi connectivity index (χ0n) is 14.8. The van der Waals surface area contributed by atoms with Gasteiger partial charge in [-0.15, -0.1) is 0 Å². The predicted molar refractivity (Wildman–Crippen MR) is 102 cm³/mol. The number of rotatable bonds is 5. The summed E-state index contributed by atoms with van der Waals surface area (Å²) in [4.78, 5) is 25.0. The number of carbonyl (C=O) groups is 2. The minimum Gasteiger partial charge on any atom is -0.497 e. The van der Waals surface area contributed by atoms with Crippen molar-refractivity contribution in [1.82, 2.24) is 0 Å². The second-order valence-electron chi connectivity index (χ2n) is 5.81. The first kappa shape index (κ1) is 19.0. The van der Waals surface area contributed by atoms with Crippen LogP contribution in [0.4, 0.5) is 20.2 Å². The Labute approximate surface area is 160 Å². The fraction of sp³-hybridized carbons (Fsp3) is 0.0476. The van der Waals surface area contributed by atoms with E-state index in [1.807, 2.05) is 0 Å². The van der Waals surface area contributed by atoms with Crippen molar-refractivity contribution in [1.29, 1.82) is 0 Å². The molecule has 0 saturated heterocycles. The molecule has 0 radical (unpaired) electrons. The molecule has 0 heterocycles. The van der Waals surface area contributed by atoms with Crippen molar-refractivity contribution in [2.45, 2.75) is 0 Å². The van der Waals surface area contributed by atoms with Gasteiger partial charge in [0, 0.05) is 17.3 Å². The molecule has 0 fully saturated rings. The summed E-state index contributed by atoms with van der Waals surface area (Å²) < 4.78 is 31.4. The highest BCUT2D eigenvalue weighted by Gasteiger charge is 2.15. The van der Waals surface area contributed by atoms with E-state index in [4.69, 9.17) is 4.74 Å². The highest BCUT2D eigenvalue weighted by atomic mass is 19.2. The first-order valence-electron chi connectivity index (χ1n) is 8.29. The van der Waals surface area contributed by atoms with Crippen molar-refractivity contribution in [3.8, 4) is 5.75 Å². The van der Waals surface area contributed by atoms with Crippen molar-refractivity contribution >= 4 is 23.2 Å². The van der Waals surface area contributed by atoms with Crippen molar-refractivity contribution in [2.75, 3.05) is 17.7 Å². The van der Waals surface area contributed by atoms with Crippen molar-refractivity contribution < 1.29 is 23.1 Å². The number of nitrogens with one attached hydrogen (secondary N) is 2. The van der Waals surface area contributed by atoms with Gasteiger partial charge in [-0.3, -0.25) is 9.59 Å². The molecule has 3 rings (SSSR count). The molecule has 7 heteroatoms. The zero-order valence-corrected chi connectivity index (χ0v) is 14.8. The van der Waals surface area contributed by atoms with Crippen LogP contribution >= 0.6 is 0 Å². The molecule has 3 aromatic rings. The molecule has 3 aromatic carbocycles. The smallest absolute Gasteiger partial charge is 0.257 e. The second-order valence-corrected chi connectivity index (χ2v) is 5.81. The molecule has 28 heavy (non-hydrogen) atoms. The normalized spacial score (nSPS) is 10.2. The minimum absolute atomic E-state index is 0.0974. The van der Waals surface area contributed by atoms with Crippen LogP contribution < -0.4 is 15.4 Å². The minimum atomic E-state index is -1.07. The van der Waals surface area contributed by atoms with Crippen LogP contribution in [0.15, 0.2) is 66.7 Å². The van der Waals surface area contributed by atoms with Gasteiger partial charge in [-0.05, 0) is 48.5 Å². The fourth-order valence-corrected chi connectivity index (χ4v) is 2.50. The molecule has 0 aliphatic carbocycles. The van der Waals surface area contributed by atoms with Gasteiger partial charge in [0.2, 0.25) is 0 Å². The van der Waals surface area contributed by atoms with Gasteiger partial charge < -0.3 is 15.4 Å². The summed E-state index contributed by atoms with van der Waals surface area (Å²) >= 11 is 0. The average molecular weight is 382 g/mol. The Morgan fingerprint density at radius 1 is 0.821 bits per heavy atom. The quantitative estimate of drug-likeness (QED) is 0.684. The highest BCUT2D eigenvalue weighted by Crippen LogP contribution is 2.20. The molecule has 0 aromatic heterocycles. The van der Waals surface area contributed by atoms with E-state index in [9.17, 15) is 18.4 Å². The van der Waals surface area contributed by atoms with Crippen LogP contribution in [0.3, 0.4) is 0 Å². The first-order valence-corrected chi connectivity index (χ1v) is 8.29. The molecule has 0 saturated carbocycles. The van der Waals surface area contributed by atoms with Gasteiger partial charge >= 0.3 is 0 Å². The number of methoxy groups -OCH3 is 1. The summed E-state index contributed by atoms with van der Waals surface area (Å²) in [5.74, 6) is -2.45. The van der Waals surface area contributed by atoms with Crippen molar-refractivity contribution in [3.63, 3.8) is 0 Å². The molecule has 0 aliphatic rings. The van der Waals surface area contributed by atoms with Gasteiger partial charge in [-0.1, -0.05) is 12.1 Å². The maximum Gasteiger partial charge on any atom is 0.257 e. The number of halogens is 2. The largest absolute Gasteiger partial charge is 0.497 e. The second kappa shape index (κ2) is 8.30. The lowest BCUT2D eigenvalue weighted by molar-refractivity contribution is 0.102. The molecule has 0 unspecified atom stereocenters. The van der Waals surface area contributed by atoms with E-state index in [0.717, 1.165) is 12.1 Å². The standard InChI is InChI=1S/C21H16F2N2O3/c1-28-15-9-6-13(7-10-15)20(26)25-19-5-3-2-4-16(19)21(27)24-14-8-11-17(22)18(23)12-14/h2-12H,1H3,(H,24,27)(H,25,26). The summed E-state index contributed by atoms with van der Waals surface area (Å²) in [6.07, 6.45) is 0. The molecule has 2 amide bonds. The topological polar surface area (TPSA) is 67.4 Å². The van der Waals surface area contributed by atoms with Crippen LogP contribution in [-0.2, 0) is 0 Å². The molecule has 2 N–H and O–H groups in total. The van der Waals surface area contributed by atoms with Crippen LogP contribution in [0.2, 0.25) is 0 Å². The Hall–Kier alpha value is -3.74. The highest BCUT2D eigenvalue weighted by molar-refractivity contribution is 6.12. The fourth-order valence-electron chi connectivity index (χ4n) is 2.50. The lowest BCUT2D eigenvalue weighted by atomic mass is 10.1. The third-order valence-electron chi connectivity index (χ3n) is 3.95. The van der Waals surface area contributed by atoms with E-state index in [2.05, 4.69) is 10.6 Å². The number of benzene rings is 3. The number of hydrogen-bond donors (Lipinski definition) is 2. The summed E-state index contributed by atoms with van der Waals surface area (Å²) in [7, 11) is 1.52. The molecular formula is C21H16F2N2O3. The molecule has 0 bridgehead atoms. The maximum atomic E-state index is 13.3. The number of hydrogen-bond acceptors (Lipinski definition) is 3. The van der Waals surface area contributed by atoms with E-state index in [1.165, 1.54) is 19.2 Å². The van der Waals surface area contributed by atoms with E-state index in [1.54, 1.807) is 42.5 Å². The first-order chi connectivity index (χ1) is 13.5. The van der Waals surface area contributed by atoms with Crippen molar-refractivity contribution in [2.24, 2.45) is 0 Å². The molecule has 5 nitrogen and oxygen atoms in total. The van der Waals surface area contributed by atoms with E-state index in [-0.39, 0.29) is 16.9 Å². The lowest BCUT2D eigenvalue weighted by Crippen LogP contribution is -2.18. The molecule has 0 atom stereocenters. The Balaban J connectivity index is 1.78. The Bertz CT molecular complexity index is 1020. The number of anilines is 2. The third kappa shape index (κ3) is 4.32. The number of carbonyl (C=O) groups excluding carboxylic acids is 2. The van der Waals surface area contributed by atoms with Crippen LogP contribution in [0.1, 0.15) is 20.7 Å². The monoisotopic (exact) mass is 382 g/mol. The van der Waals surface area contributed by atoms with Crippen LogP contribution in [-0.4, -0.2) is 18.9 Å².